The molecule has 0 aliphatic heterocycles. The standard InChI is InChI=1S/C9H6F3N3O2S/c1-15-4(2-3-13-15)7-14-6(9(10,11)12)5(18-7)8(16)17/h2-3H,1H3,(H,16,17). The number of carbonyl (C=O) groups is 1. The summed E-state index contributed by atoms with van der Waals surface area (Å²) in [6.07, 6.45) is -3.40. The first-order valence-electron chi connectivity index (χ1n) is 4.60. The molecule has 0 saturated heterocycles. The number of hydrogen-bond donors (Lipinski definition) is 1. The van der Waals surface area contributed by atoms with Crippen molar-refractivity contribution in [1.29, 1.82) is 0 Å². The molecule has 0 radical (unpaired) electrons. The summed E-state index contributed by atoms with van der Waals surface area (Å²) in [5, 5.41) is 12.5. The number of nitrogens with zero attached hydrogens (tertiary/aromatic N) is 3. The van der Waals surface area contributed by atoms with Crippen molar-refractivity contribution in [3.8, 4) is 10.7 Å². The molecular weight excluding hydrogens is 271 g/mol. The summed E-state index contributed by atoms with van der Waals surface area (Å²) in [5.41, 5.74) is -1.05. The minimum atomic E-state index is -4.79. The lowest BCUT2D eigenvalue weighted by Crippen LogP contribution is -2.11. The molecule has 0 saturated carbocycles. The molecule has 0 fully saturated rings. The van der Waals surface area contributed by atoms with Gasteiger partial charge in [-0.1, -0.05) is 0 Å². The molecule has 0 amide bonds. The second-order valence-electron chi connectivity index (χ2n) is 3.34. The Balaban J connectivity index is 2.60. The van der Waals surface area contributed by atoms with Gasteiger partial charge in [0, 0.05) is 13.2 Å². The van der Waals surface area contributed by atoms with Gasteiger partial charge in [0.15, 0.2) is 5.69 Å². The number of carboxylic acids is 1. The lowest BCUT2D eigenvalue weighted by Gasteiger charge is -2.02. The van der Waals surface area contributed by atoms with E-state index in [1.807, 2.05) is 0 Å². The van der Waals surface area contributed by atoms with Gasteiger partial charge < -0.3 is 5.11 Å². The highest BCUT2D eigenvalue weighted by atomic mass is 32.1. The van der Waals surface area contributed by atoms with Crippen LogP contribution in [0.5, 0.6) is 0 Å². The van der Waals surface area contributed by atoms with Gasteiger partial charge in [0.2, 0.25) is 0 Å². The maximum absolute atomic E-state index is 12.6. The monoisotopic (exact) mass is 277 g/mol. The summed E-state index contributed by atoms with van der Waals surface area (Å²) in [4.78, 5) is 13.3. The van der Waals surface area contributed by atoms with Crippen LogP contribution in [0.3, 0.4) is 0 Å². The van der Waals surface area contributed by atoms with Crippen LogP contribution in [-0.2, 0) is 13.2 Å². The first-order valence-corrected chi connectivity index (χ1v) is 5.42. The Morgan fingerprint density at radius 3 is 2.56 bits per heavy atom. The first-order chi connectivity index (χ1) is 8.30. The Kier molecular flexibility index (Phi) is 2.85. The second kappa shape index (κ2) is 4.09. The molecular formula is C9H6F3N3O2S. The highest BCUT2D eigenvalue weighted by Gasteiger charge is 2.40. The Bertz CT molecular complexity index is 602. The molecule has 0 aliphatic carbocycles. The van der Waals surface area contributed by atoms with Crippen LogP contribution in [0, 0.1) is 0 Å². The van der Waals surface area contributed by atoms with Crippen LogP contribution in [0.25, 0.3) is 10.7 Å². The Morgan fingerprint density at radius 2 is 2.17 bits per heavy atom. The zero-order valence-corrected chi connectivity index (χ0v) is 9.71. The number of aromatic nitrogens is 3. The number of alkyl halides is 3. The maximum atomic E-state index is 12.6. The molecule has 0 unspecified atom stereocenters. The van der Waals surface area contributed by atoms with E-state index in [-0.39, 0.29) is 5.01 Å². The van der Waals surface area contributed by atoms with E-state index >= 15 is 0 Å². The fourth-order valence-electron chi connectivity index (χ4n) is 1.35. The van der Waals surface area contributed by atoms with Crippen LogP contribution in [0.2, 0.25) is 0 Å². The number of rotatable bonds is 2. The minimum Gasteiger partial charge on any atom is -0.477 e. The molecule has 2 aromatic heterocycles. The van der Waals surface area contributed by atoms with Crippen molar-refractivity contribution in [1.82, 2.24) is 14.8 Å². The van der Waals surface area contributed by atoms with Crippen molar-refractivity contribution in [2.24, 2.45) is 7.05 Å². The molecule has 0 aromatic carbocycles. The van der Waals surface area contributed by atoms with E-state index in [0.717, 1.165) is 0 Å². The number of aromatic carboxylic acids is 1. The topological polar surface area (TPSA) is 68.0 Å². The third kappa shape index (κ3) is 2.08. The summed E-state index contributed by atoms with van der Waals surface area (Å²) >= 11 is 0.475. The van der Waals surface area contributed by atoms with Crippen molar-refractivity contribution < 1.29 is 23.1 Å². The van der Waals surface area contributed by atoms with E-state index in [1.54, 1.807) is 0 Å². The van der Waals surface area contributed by atoms with Gasteiger partial charge in [-0.25, -0.2) is 9.78 Å². The molecule has 2 heterocycles. The van der Waals surface area contributed by atoms with Crippen LogP contribution < -0.4 is 0 Å². The van der Waals surface area contributed by atoms with Crippen LogP contribution in [0.1, 0.15) is 15.4 Å². The average molecular weight is 277 g/mol. The van der Waals surface area contributed by atoms with Gasteiger partial charge in [0.05, 0.1) is 5.69 Å². The molecule has 0 spiro atoms. The van der Waals surface area contributed by atoms with Crippen molar-refractivity contribution >= 4 is 17.3 Å². The highest BCUT2D eigenvalue weighted by molar-refractivity contribution is 7.17. The Hall–Kier alpha value is -1.90. The quantitative estimate of drug-likeness (QED) is 0.914. The molecule has 5 nitrogen and oxygen atoms in total. The van der Waals surface area contributed by atoms with Gasteiger partial charge in [0.25, 0.3) is 0 Å². The van der Waals surface area contributed by atoms with Crippen molar-refractivity contribution in [2.45, 2.75) is 6.18 Å². The van der Waals surface area contributed by atoms with Gasteiger partial charge in [-0.05, 0) is 6.07 Å². The molecule has 2 rings (SSSR count). The largest absolute Gasteiger partial charge is 0.477 e. The van der Waals surface area contributed by atoms with Crippen molar-refractivity contribution in [3.05, 3.63) is 22.8 Å². The number of thiazole rings is 1. The Labute approximate surface area is 103 Å². The summed E-state index contributed by atoms with van der Waals surface area (Å²) in [6, 6.07) is 1.46. The van der Waals surface area contributed by atoms with E-state index in [2.05, 4.69) is 10.1 Å². The number of hydrogen-bond acceptors (Lipinski definition) is 4. The molecule has 0 aliphatic rings. The third-order valence-electron chi connectivity index (χ3n) is 2.13. The highest BCUT2D eigenvalue weighted by Crippen LogP contribution is 2.37. The first kappa shape index (κ1) is 12.6. The molecule has 0 bridgehead atoms. The average Bonchev–Trinajstić information content (AvgIpc) is 2.81. The molecule has 9 heteroatoms. The predicted octanol–water partition coefficient (Wildman–Crippen LogP) is 2.26. The normalized spacial score (nSPS) is 11.8. The zero-order chi connectivity index (χ0) is 13.5. The van der Waals surface area contributed by atoms with Crippen LogP contribution >= 0.6 is 11.3 Å². The summed E-state index contributed by atoms with van der Waals surface area (Å²) in [7, 11) is 1.53. The summed E-state index contributed by atoms with van der Waals surface area (Å²) in [6.45, 7) is 0. The summed E-state index contributed by atoms with van der Waals surface area (Å²) < 4.78 is 39.2. The van der Waals surface area contributed by atoms with E-state index in [9.17, 15) is 18.0 Å². The van der Waals surface area contributed by atoms with E-state index in [4.69, 9.17) is 5.11 Å². The van der Waals surface area contributed by atoms with Gasteiger partial charge in [-0.2, -0.15) is 18.3 Å². The van der Waals surface area contributed by atoms with Gasteiger partial charge in [0.1, 0.15) is 9.88 Å². The maximum Gasteiger partial charge on any atom is 0.435 e. The van der Waals surface area contributed by atoms with Crippen LogP contribution in [0.4, 0.5) is 13.2 Å². The van der Waals surface area contributed by atoms with E-state index < -0.39 is 22.7 Å². The van der Waals surface area contributed by atoms with Crippen molar-refractivity contribution in [2.75, 3.05) is 0 Å². The SMILES string of the molecule is Cn1nccc1-c1nc(C(F)(F)F)c(C(=O)O)s1. The van der Waals surface area contributed by atoms with Gasteiger partial charge >= 0.3 is 12.1 Å². The Morgan fingerprint density at radius 1 is 1.50 bits per heavy atom. The van der Waals surface area contributed by atoms with Gasteiger partial charge in [-0.15, -0.1) is 11.3 Å². The third-order valence-corrected chi connectivity index (χ3v) is 3.20. The lowest BCUT2D eigenvalue weighted by atomic mass is 10.3. The zero-order valence-electron chi connectivity index (χ0n) is 8.89. The second-order valence-corrected chi connectivity index (χ2v) is 4.34. The van der Waals surface area contributed by atoms with Crippen LogP contribution in [-0.4, -0.2) is 25.8 Å². The smallest absolute Gasteiger partial charge is 0.435 e. The number of halogens is 3. The van der Waals surface area contributed by atoms with Crippen LogP contribution in [0.15, 0.2) is 12.3 Å². The fraction of sp³-hybridized carbons (Fsp3) is 0.222. The van der Waals surface area contributed by atoms with E-state index in [0.29, 0.717) is 17.0 Å². The van der Waals surface area contributed by atoms with E-state index in [1.165, 1.54) is 24.0 Å². The fourth-order valence-corrected chi connectivity index (χ4v) is 2.33. The number of carboxylic acid groups (broad SMARTS) is 1. The summed E-state index contributed by atoms with van der Waals surface area (Å²) in [5.74, 6) is -1.65. The molecule has 0 atom stereocenters. The lowest BCUT2D eigenvalue weighted by molar-refractivity contribution is -0.141. The minimum absolute atomic E-state index is 0.0280. The molecule has 18 heavy (non-hydrogen) atoms. The molecule has 96 valence electrons. The molecule has 2 aromatic rings. The predicted molar refractivity (Wildman–Crippen MR) is 56.3 cm³/mol. The van der Waals surface area contributed by atoms with Crippen molar-refractivity contribution in [3.63, 3.8) is 0 Å². The molecule has 1 N–H and O–H groups in total. The van der Waals surface area contributed by atoms with Gasteiger partial charge in [-0.3, -0.25) is 4.68 Å². The number of aryl methyl sites for hydroxylation is 1.